The summed E-state index contributed by atoms with van der Waals surface area (Å²) in [7, 11) is 0. The Bertz CT molecular complexity index is 1040. The maximum Gasteiger partial charge on any atom is 0.270 e. The molecule has 6 nitrogen and oxygen atoms in total. The third-order valence-electron chi connectivity index (χ3n) is 5.74. The number of halogens is 1. The van der Waals surface area contributed by atoms with Crippen molar-refractivity contribution in [2.75, 3.05) is 31.5 Å². The van der Waals surface area contributed by atoms with Gasteiger partial charge in [-0.1, -0.05) is 28.8 Å². The second-order valence-electron chi connectivity index (χ2n) is 8.14. The van der Waals surface area contributed by atoms with Crippen LogP contribution >= 0.6 is 15.9 Å². The molecule has 4 rings (SSSR count). The summed E-state index contributed by atoms with van der Waals surface area (Å²) >= 11 is 3.52. The molecule has 7 heteroatoms. The molecule has 1 aliphatic rings. The van der Waals surface area contributed by atoms with E-state index in [1.54, 1.807) is 12.3 Å². The van der Waals surface area contributed by atoms with Crippen molar-refractivity contribution in [2.24, 2.45) is 0 Å². The van der Waals surface area contributed by atoms with Crippen molar-refractivity contribution in [2.45, 2.75) is 39.0 Å². The van der Waals surface area contributed by atoms with E-state index in [9.17, 15) is 4.79 Å². The Morgan fingerprint density at radius 1 is 1.16 bits per heavy atom. The number of furan rings is 1. The topological polar surface area (TPSA) is 70.4 Å². The van der Waals surface area contributed by atoms with E-state index < -0.39 is 0 Å². The monoisotopic (exact) mass is 484 g/mol. The van der Waals surface area contributed by atoms with Crippen LogP contribution in [0.1, 0.15) is 48.2 Å². The van der Waals surface area contributed by atoms with Crippen LogP contribution in [0.5, 0.6) is 0 Å². The van der Waals surface area contributed by atoms with Crippen LogP contribution in [0.2, 0.25) is 0 Å². The quantitative estimate of drug-likeness (QED) is 0.424. The lowest BCUT2D eigenvalue weighted by Crippen LogP contribution is -2.31. The molecule has 3 aromatic rings. The van der Waals surface area contributed by atoms with Gasteiger partial charge in [0.2, 0.25) is 0 Å². The van der Waals surface area contributed by atoms with E-state index in [4.69, 9.17) is 4.42 Å². The minimum Gasteiger partial charge on any atom is -0.464 e. The zero-order valence-corrected chi connectivity index (χ0v) is 19.5. The molecule has 1 aromatic carbocycles. The zero-order chi connectivity index (χ0) is 21.6. The Hall–Kier alpha value is -2.38. The van der Waals surface area contributed by atoms with E-state index in [1.807, 2.05) is 31.2 Å². The second kappa shape index (κ2) is 10.3. The van der Waals surface area contributed by atoms with Gasteiger partial charge in [-0.2, -0.15) is 0 Å². The number of anilines is 2. The van der Waals surface area contributed by atoms with Crippen molar-refractivity contribution in [1.82, 2.24) is 15.2 Å². The first kappa shape index (κ1) is 21.8. The SMILES string of the molecule is Cc1cc(Nc2nc(C(=O)NCCCN3CCCCCC3)cc3occc23)ccc1Br. The fourth-order valence-corrected chi connectivity index (χ4v) is 4.24. The number of amides is 1. The standard InChI is InChI=1S/C24H29BrN4O2/c1-17-15-18(7-8-20(17)25)27-23-19-9-14-31-22(19)16-21(28-23)24(30)26-10-6-13-29-11-4-2-3-5-12-29/h7-9,14-16H,2-6,10-13H2,1H3,(H,26,30)(H,27,28). The molecule has 0 bridgehead atoms. The average molecular weight is 485 g/mol. The van der Waals surface area contributed by atoms with Crippen molar-refractivity contribution >= 4 is 44.3 Å². The smallest absolute Gasteiger partial charge is 0.270 e. The number of nitrogens with zero attached hydrogens (tertiary/aromatic N) is 2. The number of likely N-dealkylation sites (tertiary alicyclic amines) is 1. The highest BCUT2D eigenvalue weighted by atomic mass is 79.9. The van der Waals surface area contributed by atoms with Crippen LogP contribution in [0, 0.1) is 6.92 Å². The molecule has 3 heterocycles. The fraction of sp³-hybridized carbons (Fsp3) is 0.417. The largest absolute Gasteiger partial charge is 0.464 e. The van der Waals surface area contributed by atoms with Crippen LogP contribution in [0.15, 0.2) is 45.5 Å². The van der Waals surface area contributed by atoms with Crippen molar-refractivity contribution in [3.05, 3.63) is 52.3 Å². The van der Waals surface area contributed by atoms with E-state index >= 15 is 0 Å². The molecule has 0 aliphatic carbocycles. The highest BCUT2D eigenvalue weighted by Gasteiger charge is 2.15. The Morgan fingerprint density at radius 3 is 2.74 bits per heavy atom. The molecule has 31 heavy (non-hydrogen) atoms. The molecule has 0 atom stereocenters. The zero-order valence-electron chi connectivity index (χ0n) is 17.9. The number of aryl methyl sites for hydroxylation is 1. The van der Waals surface area contributed by atoms with Crippen LogP contribution in [0.3, 0.4) is 0 Å². The van der Waals surface area contributed by atoms with Crippen molar-refractivity contribution in [3.8, 4) is 0 Å². The molecule has 0 radical (unpaired) electrons. The van der Waals surface area contributed by atoms with Crippen molar-refractivity contribution in [3.63, 3.8) is 0 Å². The van der Waals surface area contributed by atoms with Gasteiger partial charge in [0.1, 0.15) is 17.1 Å². The summed E-state index contributed by atoms with van der Waals surface area (Å²) < 4.78 is 6.62. The lowest BCUT2D eigenvalue weighted by molar-refractivity contribution is 0.0947. The van der Waals surface area contributed by atoms with E-state index in [1.165, 1.54) is 38.8 Å². The summed E-state index contributed by atoms with van der Waals surface area (Å²) in [5, 5.41) is 7.19. The Kier molecular flexibility index (Phi) is 7.25. The second-order valence-corrected chi connectivity index (χ2v) is 9.00. The molecular formula is C24H29BrN4O2. The van der Waals surface area contributed by atoms with E-state index in [-0.39, 0.29) is 5.91 Å². The molecule has 2 N–H and O–H groups in total. The van der Waals surface area contributed by atoms with Crippen LogP contribution in [0.25, 0.3) is 11.0 Å². The molecule has 0 unspecified atom stereocenters. The van der Waals surface area contributed by atoms with Crippen molar-refractivity contribution < 1.29 is 9.21 Å². The summed E-state index contributed by atoms with van der Waals surface area (Å²) in [4.78, 5) is 19.9. The number of carbonyl (C=O) groups is 1. The van der Waals surface area contributed by atoms with E-state index in [0.717, 1.165) is 34.1 Å². The summed E-state index contributed by atoms with van der Waals surface area (Å²) in [5.41, 5.74) is 3.02. The predicted molar refractivity (Wildman–Crippen MR) is 128 cm³/mol. The lowest BCUT2D eigenvalue weighted by Gasteiger charge is -2.19. The molecule has 2 aromatic heterocycles. The first-order valence-corrected chi connectivity index (χ1v) is 11.8. The van der Waals surface area contributed by atoms with Gasteiger partial charge in [0.25, 0.3) is 5.91 Å². The minimum absolute atomic E-state index is 0.177. The normalized spacial score (nSPS) is 15.0. The number of rotatable bonds is 7. The van der Waals surface area contributed by atoms with Gasteiger partial charge < -0.3 is 20.0 Å². The van der Waals surface area contributed by atoms with Gasteiger partial charge in [-0.05, 0) is 75.6 Å². The van der Waals surface area contributed by atoms with Gasteiger partial charge in [0, 0.05) is 22.8 Å². The van der Waals surface area contributed by atoms with Gasteiger partial charge in [-0.3, -0.25) is 4.79 Å². The van der Waals surface area contributed by atoms with Gasteiger partial charge in [-0.25, -0.2) is 4.98 Å². The molecule has 0 spiro atoms. The van der Waals surface area contributed by atoms with Crippen LogP contribution in [-0.2, 0) is 0 Å². The third-order valence-corrected chi connectivity index (χ3v) is 6.63. The van der Waals surface area contributed by atoms with Crippen LogP contribution in [-0.4, -0.2) is 42.0 Å². The van der Waals surface area contributed by atoms with Gasteiger partial charge in [-0.15, -0.1) is 0 Å². The summed E-state index contributed by atoms with van der Waals surface area (Å²) in [6, 6.07) is 9.56. The maximum absolute atomic E-state index is 12.8. The third kappa shape index (κ3) is 5.66. The lowest BCUT2D eigenvalue weighted by atomic mass is 10.2. The van der Waals surface area contributed by atoms with Crippen LogP contribution in [0.4, 0.5) is 11.5 Å². The number of nitrogens with one attached hydrogen (secondary N) is 2. The number of pyridine rings is 1. The van der Waals surface area contributed by atoms with Gasteiger partial charge in [0.05, 0.1) is 11.6 Å². The van der Waals surface area contributed by atoms with E-state index in [2.05, 4.69) is 36.4 Å². The van der Waals surface area contributed by atoms with Gasteiger partial charge >= 0.3 is 0 Å². The molecule has 1 aliphatic heterocycles. The average Bonchev–Trinajstić information content (AvgIpc) is 3.09. The molecular weight excluding hydrogens is 456 g/mol. The predicted octanol–water partition coefficient (Wildman–Crippen LogP) is 5.64. The molecule has 164 valence electrons. The molecule has 1 amide bonds. The number of fused-ring (bicyclic) bond motifs is 1. The van der Waals surface area contributed by atoms with Crippen LogP contribution < -0.4 is 10.6 Å². The van der Waals surface area contributed by atoms with Gasteiger partial charge in [0.15, 0.2) is 0 Å². The highest BCUT2D eigenvalue weighted by molar-refractivity contribution is 9.10. The number of carbonyl (C=O) groups excluding carboxylic acids is 1. The minimum atomic E-state index is -0.177. The Balaban J connectivity index is 1.41. The molecule has 0 saturated carbocycles. The number of hydrogen-bond acceptors (Lipinski definition) is 5. The summed E-state index contributed by atoms with van der Waals surface area (Å²) in [6.07, 6.45) is 7.81. The molecule has 1 fully saturated rings. The number of hydrogen-bond donors (Lipinski definition) is 2. The van der Waals surface area contributed by atoms with E-state index in [0.29, 0.717) is 23.6 Å². The number of aromatic nitrogens is 1. The molecule has 1 saturated heterocycles. The van der Waals surface area contributed by atoms with Crippen molar-refractivity contribution in [1.29, 1.82) is 0 Å². The Labute approximate surface area is 191 Å². The summed E-state index contributed by atoms with van der Waals surface area (Å²) in [5.74, 6) is 0.437. The number of benzene rings is 1. The first-order chi connectivity index (χ1) is 15.1. The summed E-state index contributed by atoms with van der Waals surface area (Å²) in [6.45, 7) is 6.05. The first-order valence-electron chi connectivity index (χ1n) is 11.0. The highest BCUT2D eigenvalue weighted by Crippen LogP contribution is 2.28. The fourth-order valence-electron chi connectivity index (χ4n) is 3.99. The maximum atomic E-state index is 12.8. The Morgan fingerprint density at radius 2 is 1.97 bits per heavy atom.